The molecule has 2 amide bonds. The fraction of sp³-hybridized carbons (Fsp3) is 0.833. The summed E-state index contributed by atoms with van der Waals surface area (Å²) in [4.78, 5) is 24.3. The van der Waals surface area contributed by atoms with E-state index in [-0.39, 0.29) is 11.8 Å². The van der Waals surface area contributed by atoms with Gasteiger partial charge in [-0.15, -0.1) is 0 Å². The van der Waals surface area contributed by atoms with Gasteiger partial charge in [0.25, 0.3) is 0 Å². The molecule has 0 radical (unpaired) electrons. The van der Waals surface area contributed by atoms with E-state index in [0.29, 0.717) is 32.5 Å². The Morgan fingerprint density at radius 1 is 1.35 bits per heavy atom. The Morgan fingerprint density at radius 2 is 2.06 bits per heavy atom. The lowest BCUT2D eigenvalue weighted by molar-refractivity contribution is -0.131. The molecule has 0 aromatic carbocycles. The molecule has 0 aromatic rings. The van der Waals surface area contributed by atoms with Crippen LogP contribution in [0.1, 0.15) is 39.5 Å². The Hall–Kier alpha value is -1.10. The number of likely N-dealkylation sites (tertiary alicyclic amines) is 1. The van der Waals surface area contributed by atoms with Gasteiger partial charge in [0.15, 0.2) is 0 Å². The molecule has 1 aliphatic heterocycles. The third-order valence-electron chi connectivity index (χ3n) is 3.13. The van der Waals surface area contributed by atoms with Crippen LogP contribution in [0.15, 0.2) is 0 Å². The van der Waals surface area contributed by atoms with Crippen molar-refractivity contribution >= 4 is 11.8 Å². The van der Waals surface area contributed by atoms with Gasteiger partial charge in [0.05, 0.1) is 5.60 Å². The lowest BCUT2D eigenvalue weighted by Crippen LogP contribution is -2.35. The van der Waals surface area contributed by atoms with Crippen LogP contribution < -0.4 is 5.32 Å². The molecular formula is C12H22N2O3. The average Bonchev–Trinajstić information content (AvgIpc) is 2.38. The molecular weight excluding hydrogens is 220 g/mol. The van der Waals surface area contributed by atoms with Crippen LogP contribution in [0.3, 0.4) is 0 Å². The number of rotatable bonds is 3. The van der Waals surface area contributed by atoms with E-state index in [2.05, 4.69) is 5.32 Å². The van der Waals surface area contributed by atoms with Crippen LogP contribution >= 0.6 is 0 Å². The molecule has 1 rings (SSSR count). The van der Waals surface area contributed by atoms with Crippen molar-refractivity contribution < 1.29 is 14.7 Å². The van der Waals surface area contributed by atoms with Crippen molar-refractivity contribution in [2.45, 2.75) is 45.1 Å². The summed E-state index contributed by atoms with van der Waals surface area (Å²) in [7, 11) is 0. The van der Waals surface area contributed by atoms with Gasteiger partial charge >= 0.3 is 0 Å². The van der Waals surface area contributed by atoms with Crippen molar-refractivity contribution in [2.75, 3.05) is 19.6 Å². The Morgan fingerprint density at radius 3 is 2.71 bits per heavy atom. The number of aliphatic hydroxyl groups is 1. The predicted octanol–water partition coefficient (Wildman–Crippen LogP) is 0.276. The summed E-state index contributed by atoms with van der Waals surface area (Å²) in [6.07, 6.45) is 2.53. The third kappa shape index (κ3) is 5.17. The zero-order valence-electron chi connectivity index (χ0n) is 10.7. The van der Waals surface area contributed by atoms with Crippen molar-refractivity contribution in [3.63, 3.8) is 0 Å². The smallest absolute Gasteiger partial charge is 0.224 e. The van der Waals surface area contributed by atoms with Crippen LogP contribution in [0.25, 0.3) is 0 Å². The number of nitrogens with zero attached hydrogens (tertiary/aromatic N) is 1. The lowest BCUT2D eigenvalue weighted by atomic mass is 9.98. The second-order valence-electron chi connectivity index (χ2n) is 4.96. The minimum Gasteiger partial charge on any atom is -0.390 e. The van der Waals surface area contributed by atoms with Crippen LogP contribution in [0.2, 0.25) is 0 Å². The fourth-order valence-corrected chi connectivity index (χ4v) is 2.02. The van der Waals surface area contributed by atoms with Crippen LogP contribution in [0.4, 0.5) is 0 Å². The molecule has 1 fully saturated rings. The molecule has 2 N–H and O–H groups in total. The second kappa shape index (κ2) is 6.00. The van der Waals surface area contributed by atoms with E-state index >= 15 is 0 Å². The molecule has 1 saturated heterocycles. The fourth-order valence-electron chi connectivity index (χ4n) is 2.02. The van der Waals surface area contributed by atoms with E-state index in [1.807, 2.05) is 6.92 Å². The molecule has 1 aliphatic rings. The molecule has 1 heterocycles. The highest BCUT2D eigenvalue weighted by atomic mass is 16.3. The normalized spacial score (nSPS) is 25.2. The summed E-state index contributed by atoms with van der Waals surface area (Å²) in [5.41, 5.74) is -0.646. The van der Waals surface area contributed by atoms with Gasteiger partial charge < -0.3 is 15.3 Å². The Kier molecular flexibility index (Phi) is 4.93. The van der Waals surface area contributed by atoms with E-state index < -0.39 is 5.60 Å². The molecule has 0 saturated carbocycles. The van der Waals surface area contributed by atoms with Gasteiger partial charge in [-0.25, -0.2) is 0 Å². The number of carbonyl (C=O) groups excluding carboxylic acids is 2. The number of amides is 2. The first-order chi connectivity index (χ1) is 7.91. The van der Waals surface area contributed by atoms with E-state index in [1.165, 1.54) is 6.92 Å². The van der Waals surface area contributed by atoms with E-state index in [1.54, 1.807) is 4.90 Å². The largest absolute Gasteiger partial charge is 0.390 e. The summed E-state index contributed by atoms with van der Waals surface area (Å²) < 4.78 is 0. The van der Waals surface area contributed by atoms with Gasteiger partial charge in [0.2, 0.25) is 11.8 Å². The van der Waals surface area contributed by atoms with Crippen molar-refractivity contribution in [2.24, 2.45) is 0 Å². The number of hydrogen-bond donors (Lipinski definition) is 2. The average molecular weight is 242 g/mol. The summed E-state index contributed by atoms with van der Waals surface area (Å²) >= 11 is 0. The first-order valence-electron chi connectivity index (χ1n) is 6.15. The first-order valence-corrected chi connectivity index (χ1v) is 6.15. The Bertz CT molecular complexity index is 289. The number of nitrogens with one attached hydrogen (secondary N) is 1. The highest BCUT2D eigenvalue weighted by Crippen LogP contribution is 2.21. The van der Waals surface area contributed by atoms with Crippen molar-refractivity contribution in [3.05, 3.63) is 0 Å². The third-order valence-corrected chi connectivity index (χ3v) is 3.13. The summed E-state index contributed by atoms with van der Waals surface area (Å²) in [5.74, 6) is -0.0620. The van der Waals surface area contributed by atoms with Crippen LogP contribution in [0, 0.1) is 0 Å². The molecule has 5 heteroatoms. The second-order valence-corrected chi connectivity index (χ2v) is 4.96. The van der Waals surface area contributed by atoms with E-state index in [4.69, 9.17) is 0 Å². The van der Waals surface area contributed by atoms with Gasteiger partial charge in [-0.1, -0.05) is 0 Å². The van der Waals surface area contributed by atoms with Crippen LogP contribution in [0.5, 0.6) is 0 Å². The molecule has 1 unspecified atom stereocenters. The van der Waals surface area contributed by atoms with Crippen molar-refractivity contribution in [1.82, 2.24) is 10.2 Å². The number of carbonyl (C=O) groups is 2. The zero-order chi connectivity index (χ0) is 12.9. The standard InChI is InChI=1S/C12H22N2O3/c1-10(15)13-7-4-11(16)14-8-3-5-12(2,17)6-9-14/h17H,3-9H2,1-2H3,(H,13,15). The van der Waals surface area contributed by atoms with Gasteiger partial charge in [-0.05, 0) is 26.2 Å². The quantitative estimate of drug-likeness (QED) is 0.746. The molecule has 1 atom stereocenters. The Labute approximate surface area is 102 Å². The molecule has 0 aliphatic carbocycles. The molecule has 0 bridgehead atoms. The maximum absolute atomic E-state index is 11.8. The van der Waals surface area contributed by atoms with Gasteiger partial charge in [-0.3, -0.25) is 9.59 Å². The summed E-state index contributed by atoms with van der Waals surface area (Å²) in [5, 5.41) is 12.5. The maximum atomic E-state index is 11.8. The lowest BCUT2D eigenvalue weighted by Gasteiger charge is -2.22. The topological polar surface area (TPSA) is 69.6 Å². The van der Waals surface area contributed by atoms with E-state index in [0.717, 1.165) is 12.8 Å². The van der Waals surface area contributed by atoms with Gasteiger partial charge in [0.1, 0.15) is 0 Å². The van der Waals surface area contributed by atoms with E-state index in [9.17, 15) is 14.7 Å². The van der Waals surface area contributed by atoms with Crippen molar-refractivity contribution in [3.8, 4) is 0 Å². The monoisotopic (exact) mass is 242 g/mol. The van der Waals surface area contributed by atoms with Crippen molar-refractivity contribution in [1.29, 1.82) is 0 Å². The minimum atomic E-state index is -0.646. The number of hydrogen-bond acceptors (Lipinski definition) is 3. The molecule has 0 aromatic heterocycles. The maximum Gasteiger partial charge on any atom is 0.224 e. The Balaban J connectivity index is 2.34. The predicted molar refractivity (Wildman–Crippen MR) is 64.4 cm³/mol. The SMILES string of the molecule is CC(=O)NCCC(=O)N1CCCC(C)(O)CC1. The molecule has 5 nitrogen and oxygen atoms in total. The minimum absolute atomic E-state index is 0.0523. The van der Waals surface area contributed by atoms with Gasteiger partial charge in [0, 0.05) is 33.0 Å². The van der Waals surface area contributed by atoms with Crippen LogP contribution in [-0.4, -0.2) is 47.1 Å². The summed E-state index contributed by atoms with van der Waals surface area (Å²) in [6, 6.07) is 0. The highest BCUT2D eigenvalue weighted by molar-refractivity contribution is 5.78. The molecule has 17 heavy (non-hydrogen) atoms. The van der Waals surface area contributed by atoms with Gasteiger partial charge in [-0.2, -0.15) is 0 Å². The highest BCUT2D eigenvalue weighted by Gasteiger charge is 2.26. The molecule has 0 spiro atoms. The first kappa shape index (κ1) is 14.0. The summed E-state index contributed by atoms with van der Waals surface area (Å²) in [6.45, 7) is 4.95. The molecule has 98 valence electrons. The zero-order valence-corrected chi connectivity index (χ0v) is 10.7. The van der Waals surface area contributed by atoms with Crippen LogP contribution in [-0.2, 0) is 9.59 Å².